The lowest BCUT2D eigenvalue weighted by Gasteiger charge is -2.34. The molecule has 5 rings (SSSR count). The van der Waals surface area contributed by atoms with Crippen LogP contribution in [0.1, 0.15) is 17.7 Å². The third kappa shape index (κ3) is 6.33. The molecule has 2 aromatic carbocycles. The molecule has 7 nitrogen and oxygen atoms in total. The first-order chi connectivity index (χ1) is 17.9. The van der Waals surface area contributed by atoms with Gasteiger partial charge in [-0.2, -0.15) is 5.10 Å². The molecule has 3 heterocycles. The molecule has 0 amide bonds. The first kappa shape index (κ1) is 25.3. The zero-order valence-electron chi connectivity index (χ0n) is 20.5. The Labute approximate surface area is 213 Å². The number of hydrogen-bond donors (Lipinski definition) is 2. The monoisotopic (exact) mass is 512 g/mol. The minimum Gasteiger partial charge on any atom is -0.406 e. The maximum atomic E-state index is 12.6. The Hall–Kier alpha value is -3.34. The SMILES string of the molecule is NCCCn1cc(-c2ccc(OC(F)(F)F)cc2)c2cc(CN3CCN(Cc4ccn[nH]4)CC3)ccc21. The van der Waals surface area contributed by atoms with Gasteiger partial charge >= 0.3 is 6.36 Å². The van der Waals surface area contributed by atoms with Gasteiger partial charge < -0.3 is 15.0 Å². The topological polar surface area (TPSA) is 75.3 Å². The number of piperazine rings is 1. The molecule has 0 aliphatic carbocycles. The van der Waals surface area contributed by atoms with Crippen molar-refractivity contribution in [3.63, 3.8) is 0 Å². The number of fused-ring (bicyclic) bond motifs is 1. The standard InChI is InChI=1S/C27H31F3N6O/c28-27(29,30)37-23-5-3-21(4-6-23)25-19-36(11-1-9-31)26-7-2-20(16-24(25)26)17-34-12-14-35(15-13-34)18-22-8-10-32-33-22/h2-8,10,16,19H,1,9,11-15,17-18,31H2,(H,32,33). The molecule has 1 aliphatic heterocycles. The predicted molar refractivity (Wildman–Crippen MR) is 137 cm³/mol. The molecule has 0 saturated carbocycles. The van der Waals surface area contributed by atoms with Crippen molar-refractivity contribution in [3.8, 4) is 16.9 Å². The number of H-pyrrole nitrogens is 1. The minimum absolute atomic E-state index is 0.226. The smallest absolute Gasteiger partial charge is 0.406 e. The highest BCUT2D eigenvalue weighted by Crippen LogP contribution is 2.34. The van der Waals surface area contributed by atoms with Crippen molar-refractivity contribution >= 4 is 10.9 Å². The molecule has 0 atom stereocenters. The summed E-state index contributed by atoms with van der Waals surface area (Å²) in [6, 6.07) is 14.6. The highest BCUT2D eigenvalue weighted by atomic mass is 19.4. The molecular formula is C27H31F3N6O. The molecule has 0 bridgehead atoms. The van der Waals surface area contributed by atoms with Crippen LogP contribution < -0.4 is 10.5 Å². The minimum atomic E-state index is -4.71. The van der Waals surface area contributed by atoms with E-state index in [1.807, 2.05) is 6.07 Å². The second-order valence-corrected chi connectivity index (χ2v) is 9.44. The largest absolute Gasteiger partial charge is 0.573 e. The van der Waals surface area contributed by atoms with Gasteiger partial charge in [0, 0.05) is 80.4 Å². The van der Waals surface area contributed by atoms with Gasteiger partial charge in [-0.15, -0.1) is 13.2 Å². The van der Waals surface area contributed by atoms with Gasteiger partial charge in [0.15, 0.2) is 0 Å². The number of alkyl halides is 3. The average molecular weight is 513 g/mol. The first-order valence-corrected chi connectivity index (χ1v) is 12.5. The summed E-state index contributed by atoms with van der Waals surface area (Å²) in [6.45, 7) is 7.05. The summed E-state index contributed by atoms with van der Waals surface area (Å²) in [5.41, 5.74) is 11.0. The number of rotatable bonds is 9. The van der Waals surface area contributed by atoms with Crippen molar-refractivity contribution in [3.05, 3.63) is 72.2 Å². The molecule has 10 heteroatoms. The number of aryl methyl sites for hydroxylation is 1. The van der Waals surface area contributed by atoms with Gasteiger partial charge in [0.05, 0.1) is 0 Å². The normalized spacial score (nSPS) is 15.5. The Balaban J connectivity index is 1.34. The highest BCUT2D eigenvalue weighted by molar-refractivity contribution is 5.96. The van der Waals surface area contributed by atoms with Crippen LogP contribution in [0.5, 0.6) is 5.75 Å². The van der Waals surface area contributed by atoms with E-state index < -0.39 is 6.36 Å². The molecule has 1 fully saturated rings. The molecule has 1 aliphatic rings. The van der Waals surface area contributed by atoms with E-state index >= 15 is 0 Å². The van der Waals surface area contributed by atoms with E-state index in [4.69, 9.17) is 5.73 Å². The van der Waals surface area contributed by atoms with E-state index in [9.17, 15) is 13.2 Å². The number of aromatic amines is 1. The number of hydrogen-bond acceptors (Lipinski definition) is 5. The quantitative estimate of drug-likeness (QED) is 0.343. The van der Waals surface area contributed by atoms with E-state index in [-0.39, 0.29) is 5.75 Å². The van der Waals surface area contributed by atoms with Gasteiger partial charge in [-0.1, -0.05) is 18.2 Å². The van der Waals surface area contributed by atoms with Crippen LogP contribution in [0, 0.1) is 0 Å². The van der Waals surface area contributed by atoms with Crippen molar-refractivity contribution in [2.45, 2.75) is 32.4 Å². The zero-order chi connectivity index (χ0) is 25.8. The lowest BCUT2D eigenvalue weighted by Crippen LogP contribution is -2.45. The van der Waals surface area contributed by atoms with Crippen LogP contribution in [0.15, 0.2) is 60.9 Å². The van der Waals surface area contributed by atoms with Crippen molar-refractivity contribution in [1.29, 1.82) is 0 Å². The van der Waals surface area contributed by atoms with Gasteiger partial charge in [-0.05, 0) is 54.4 Å². The molecule has 2 aromatic heterocycles. The Morgan fingerprint density at radius 2 is 1.68 bits per heavy atom. The number of nitrogens with two attached hydrogens (primary N) is 1. The van der Waals surface area contributed by atoms with Gasteiger partial charge in [0.25, 0.3) is 0 Å². The molecule has 4 aromatic rings. The second kappa shape index (κ2) is 11.0. The summed E-state index contributed by atoms with van der Waals surface area (Å²) in [5.74, 6) is -0.226. The van der Waals surface area contributed by atoms with Crippen LogP contribution in [0.3, 0.4) is 0 Å². The molecule has 0 unspecified atom stereocenters. The molecule has 37 heavy (non-hydrogen) atoms. The Kier molecular flexibility index (Phi) is 7.50. The molecular weight excluding hydrogens is 481 g/mol. The van der Waals surface area contributed by atoms with Crippen LogP contribution in [0.4, 0.5) is 13.2 Å². The summed E-state index contributed by atoms with van der Waals surface area (Å²) in [5, 5.41) is 8.14. The van der Waals surface area contributed by atoms with E-state index in [2.05, 4.69) is 53.7 Å². The van der Waals surface area contributed by atoms with Crippen molar-refractivity contribution in [2.75, 3.05) is 32.7 Å². The van der Waals surface area contributed by atoms with Crippen LogP contribution >= 0.6 is 0 Å². The number of ether oxygens (including phenoxy) is 1. The van der Waals surface area contributed by atoms with Crippen LogP contribution in [0.2, 0.25) is 0 Å². The predicted octanol–water partition coefficient (Wildman–Crippen LogP) is 4.60. The Morgan fingerprint density at radius 1 is 0.946 bits per heavy atom. The fourth-order valence-electron chi connectivity index (χ4n) is 4.93. The van der Waals surface area contributed by atoms with Crippen LogP contribution in [0.25, 0.3) is 22.0 Å². The fourth-order valence-corrected chi connectivity index (χ4v) is 4.93. The molecule has 0 spiro atoms. The number of halogens is 3. The summed E-state index contributed by atoms with van der Waals surface area (Å²) in [7, 11) is 0. The van der Waals surface area contributed by atoms with Crippen LogP contribution in [-0.4, -0.2) is 63.7 Å². The number of aromatic nitrogens is 3. The molecule has 3 N–H and O–H groups in total. The Morgan fingerprint density at radius 3 is 2.32 bits per heavy atom. The summed E-state index contributed by atoms with van der Waals surface area (Å²) < 4.78 is 44.0. The molecule has 0 radical (unpaired) electrons. The van der Waals surface area contributed by atoms with Gasteiger partial charge in [-0.25, -0.2) is 0 Å². The summed E-state index contributed by atoms with van der Waals surface area (Å²) in [6.07, 6.45) is -0.0205. The third-order valence-corrected chi connectivity index (χ3v) is 6.77. The van der Waals surface area contributed by atoms with Gasteiger partial charge in [-0.3, -0.25) is 14.9 Å². The lowest BCUT2D eigenvalue weighted by molar-refractivity contribution is -0.274. The van der Waals surface area contributed by atoms with Gasteiger partial charge in [0.1, 0.15) is 5.75 Å². The maximum absolute atomic E-state index is 12.6. The number of benzene rings is 2. The van der Waals surface area contributed by atoms with Crippen molar-refractivity contribution in [1.82, 2.24) is 24.6 Å². The fraction of sp³-hybridized carbons (Fsp3) is 0.370. The molecule has 1 saturated heterocycles. The summed E-state index contributed by atoms with van der Waals surface area (Å²) in [4.78, 5) is 4.88. The van der Waals surface area contributed by atoms with E-state index in [0.717, 1.165) is 80.0 Å². The third-order valence-electron chi connectivity index (χ3n) is 6.77. The van der Waals surface area contributed by atoms with Gasteiger partial charge in [0.2, 0.25) is 0 Å². The van der Waals surface area contributed by atoms with E-state index in [1.54, 1.807) is 18.3 Å². The number of nitrogens with one attached hydrogen (secondary N) is 1. The summed E-state index contributed by atoms with van der Waals surface area (Å²) >= 11 is 0. The van der Waals surface area contributed by atoms with E-state index in [1.165, 1.54) is 17.7 Å². The van der Waals surface area contributed by atoms with E-state index in [0.29, 0.717) is 6.54 Å². The van der Waals surface area contributed by atoms with Crippen molar-refractivity contribution in [2.24, 2.45) is 5.73 Å². The molecule has 196 valence electrons. The second-order valence-electron chi connectivity index (χ2n) is 9.44. The Bertz CT molecular complexity index is 1290. The number of nitrogens with zero attached hydrogens (tertiary/aromatic N) is 4. The van der Waals surface area contributed by atoms with Crippen molar-refractivity contribution < 1.29 is 17.9 Å². The lowest BCUT2D eigenvalue weighted by atomic mass is 10.0. The zero-order valence-corrected chi connectivity index (χ0v) is 20.5. The van der Waals surface area contributed by atoms with Crippen LogP contribution in [-0.2, 0) is 19.6 Å². The maximum Gasteiger partial charge on any atom is 0.573 e. The first-order valence-electron chi connectivity index (χ1n) is 12.5. The average Bonchev–Trinajstić information content (AvgIpc) is 3.51. The highest BCUT2D eigenvalue weighted by Gasteiger charge is 2.31.